The predicted molar refractivity (Wildman–Crippen MR) is 74.4 cm³/mol. The number of alkyl carbamates (subject to hydrolysis) is 1. The summed E-state index contributed by atoms with van der Waals surface area (Å²) in [7, 11) is 0. The van der Waals surface area contributed by atoms with Crippen LogP contribution in [-0.4, -0.2) is 60.5 Å². The number of carbonyl (C=O) groups is 2. The summed E-state index contributed by atoms with van der Waals surface area (Å²) in [4.78, 5) is 23.3. The van der Waals surface area contributed by atoms with E-state index in [-0.39, 0.29) is 6.61 Å². The van der Waals surface area contributed by atoms with Gasteiger partial charge in [0.2, 0.25) is 0 Å². The number of nitrogens with one attached hydrogen (secondary N) is 1. The van der Waals surface area contributed by atoms with Gasteiger partial charge in [-0.2, -0.15) is 0 Å². The molecule has 2 rings (SSSR count). The Morgan fingerprint density at radius 2 is 1.91 bits per heavy atom. The van der Waals surface area contributed by atoms with Gasteiger partial charge in [0.25, 0.3) is 0 Å². The van der Waals surface area contributed by atoms with Gasteiger partial charge in [-0.25, -0.2) is 9.59 Å². The number of ether oxygens (including phenoxy) is 4. The Morgan fingerprint density at radius 3 is 2.45 bits per heavy atom. The number of amides is 1. The molecule has 126 valence electrons. The standard InChI is InChI=1S/C14H23NO7/c1-13(2,3)22-12(18)15-9-8-20-14(4-6-19-7-5-14)21-10(9)11(16)17/h9-10H,4-8H2,1-3H3,(H,15,18)(H,16,17). The maximum Gasteiger partial charge on any atom is 0.408 e. The van der Waals surface area contributed by atoms with Crippen LogP contribution < -0.4 is 5.32 Å². The normalized spacial score (nSPS) is 28.1. The third kappa shape index (κ3) is 4.31. The van der Waals surface area contributed by atoms with Crippen molar-refractivity contribution in [3.63, 3.8) is 0 Å². The van der Waals surface area contributed by atoms with E-state index in [0.29, 0.717) is 26.1 Å². The summed E-state index contributed by atoms with van der Waals surface area (Å²) in [6.07, 6.45) is -0.940. The molecule has 0 bridgehead atoms. The monoisotopic (exact) mass is 317 g/mol. The summed E-state index contributed by atoms with van der Waals surface area (Å²) in [5, 5.41) is 11.9. The van der Waals surface area contributed by atoms with E-state index in [0.717, 1.165) is 0 Å². The SMILES string of the molecule is CC(C)(C)OC(=O)NC1COC2(CCOCC2)OC1C(=O)O. The summed E-state index contributed by atoms with van der Waals surface area (Å²) in [5.74, 6) is -2.08. The lowest BCUT2D eigenvalue weighted by Gasteiger charge is -2.45. The van der Waals surface area contributed by atoms with Gasteiger partial charge in [0.05, 0.1) is 25.9 Å². The highest BCUT2D eigenvalue weighted by molar-refractivity contribution is 5.75. The number of aliphatic carboxylic acids is 1. The molecule has 22 heavy (non-hydrogen) atoms. The van der Waals surface area contributed by atoms with Crippen LogP contribution in [0, 0.1) is 0 Å². The molecule has 2 atom stereocenters. The van der Waals surface area contributed by atoms with E-state index in [4.69, 9.17) is 18.9 Å². The first-order chi connectivity index (χ1) is 10.2. The first-order valence-corrected chi connectivity index (χ1v) is 7.33. The van der Waals surface area contributed by atoms with Gasteiger partial charge < -0.3 is 29.4 Å². The molecule has 2 aliphatic heterocycles. The fourth-order valence-corrected chi connectivity index (χ4v) is 2.42. The summed E-state index contributed by atoms with van der Waals surface area (Å²) < 4.78 is 21.7. The van der Waals surface area contributed by atoms with Crippen molar-refractivity contribution < 1.29 is 33.6 Å². The van der Waals surface area contributed by atoms with Gasteiger partial charge in [0.15, 0.2) is 11.9 Å². The van der Waals surface area contributed by atoms with E-state index in [2.05, 4.69) is 5.32 Å². The first kappa shape index (κ1) is 17.0. The summed E-state index contributed by atoms with van der Waals surface area (Å²) >= 11 is 0. The quantitative estimate of drug-likeness (QED) is 0.779. The van der Waals surface area contributed by atoms with Crippen molar-refractivity contribution in [1.29, 1.82) is 0 Å². The van der Waals surface area contributed by atoms with Crippen molar-refractivity contribution in [2.45, 2.75) is 57.1 Å². The van der Waals surface area contributed by atoms with Gasteiger partial charge in [-0.3, -0.25) is 0 Å². The Bertz CT molecular complexity index is 425. The molecule has 0 aliphatic carbocycles. The molecule has 2 fully saturated rings. The Labute approximate surface area is 129 Å². The molecular formula is C14H23NO7. The molecule has 2 saturated heterocycles. The Balaban J connectivity index is 2.00. The molecule has 8 nitrogen and oxygen atoms in total. The van der Waals surface area contributed by atoms with E-state index in [9.17, 15) is 14.7 Å². The molecule has 8 heteroatoms. The van der Waals surface area contributed by atoms with Crippen molar-refractivity contribution in [2.75, 3.05) is 19.8 Å². The molecule has 0 aromatic carbocycles. The van der Waals surface area contributed by atoms with Crippen LogP contribution in [-0.2, 0) is 23.7 Å². The third-order valence-electron chi connectivity index (χ3n) is 3.43. The van der Waals surface area contributed by atoms with Gasteiger partial charge in [0, 0.05) is 12.8 Å². The van der Waals surface area contributed by atoms with Crippen molar-refractivity contribution in [3.05, 3.63) is 0 Å². The fraction of sp³-hybridized carbons (Fsp3) is 0.857. The molecule has 2 heterocycles. The van der Waals surface area contributed by atoms with E-state index in [1.807, 2.05) is 0 Å². The van der Waals surface area contributed by atoms with Crippen LogP contribution in [0.15, 0.2) is 0 Å². The van der Waals surface area contributed by atoms with E-state index in [1.54, 1.807) is 20.8 Å². The van der Waals surface area contributed by atoms with Crippen LogP contribution in [0.3, 0.4) is 0 Å². The molecule has 0 saturated carbocycles. The van der Waals surface area contributed by atoms with Crippen molar-refractivity contribution in [2.24, 2.45) is 0 Å². The second-order valence-corrected chi connectivity index (χ2v) is 6.46. The maximum absolute atomic E-state index is 11.8. The molecule has 2 N–H and O–H groups in total. The number of carbonyl (C=O) groups excluding carboxylic acids is 1. The maximum atomic E-state index is 11.8. The molecule has 2 unspecified atom stereocenters. The van der Waals surface area contributed by atoms with E-state index >= 15 is 0 Å². The molecule has 1 amide bonds. The fourth-order valence-electron chi connectivity index (χ4n) is 2.42. The highest BCUT2D eigenvalue weighted by atomic mass is 16.7. The zero-order valence-electron chi connectivity index (χ0n) is 13.1. The topological polar surface area (TPSA) is 103 Å². The summed E-state index contributed by atoms with van der Waals surface area (Å²) in [6, 6.07) is -0.805. The van der Waals surface area contributed by atoms with Crippen molar-refractivity contribution >= 4 is 12.1 Å². The predicted octanol–water partition coefficient (Wildman–Crippen LogP) is 0.886. The lowest BCUT2D eigenvalue weighted by atomic mass is 10.0. The Morgan fingerprint density at radius 1 is 1.27 bits per heavy atom. The number of carboxylic acid groups (broad SMARTS) is 1. The highest BCUT2D eigenvalue weighted by Gasteiger charge is 2.47. The van der Waals surface area contributed by atoms with Gasteiger partial charge in [0.1, 0.15) is 5.60 Å². The van der Waals surface area contributed by atoms with Crippen LogP contribution in [0.1, 0.15) is 33.6 Å². The van der Waals surface area contributed by atoms with Crippen LogP contribution in [0.2, 0.25) is 0 Å². The number of hydrogen-bond acceptors (Lipinski definition) is 6. The molecule has 2 aliphatic rings. The number of rotatable bonds is 2. The molecule has 0 radical (unpaired) electrons. The molecule has 1 spiro atoms. The van der Waals surface area contributed by atoms with Crippen LogP contribution >= 0.6 is 0 Å². The lowest BCUT2D eigenvalue weighted by molar-refractivity contribution is -0.319. The van der Waals surface area contributed by atoms with Crippen molar-refractivity contribution in [3.8, 4) is 0 Å². The highest BCUT2D eigenvalue weighted by Crippen LogP contribution is 2.32. The molecule has 0 aromatic rings. The Kier molecular flexibility index (Phi) is 4.93. The second-order valence-electron chi connectivity index (χ2n) is 6.46. The zero-order valence-corrected chi connectivity index (χ0v) is 13.1. The third-order valence-corrected chi connectivity index (χ3v) is 3.43. The minimum atomic E-state index is -1.18. The van der Waals surface area contributed by atoms with Crippen LogP contribution in [0.4, 0.5) is 4.79 Å². The summed E-state index contributed by atoms with van der Waals surface area (Å²) in [6.45, 7) is 6.15. The average molecular weight is 317 g/mol. The zero-order chi connectivity index (χ0) is 16.4. The van der Waals surface area contributed by atoms with E-state index in [1.165, 1.54) is 0 Å². The van der Waals surface area contributed by atoms with Gasteiger partial charge in [-0.15, -0.1) is 0 Å². The number of carboxylic acids is 1. The number of hydrogen-bond donors (Lipinski definition) is 2. The second kappa shape index (κ2) is 6.39. The minimum Gasteiger partial charge on any atom is -0.479 e. The van der Waals surface area contributed by atoms with Gasteiger partial charge in [-0.05, 0) is 20.8 Å². The van der Waals surface area contributed by atoms with E-state index < -0.39 is 35.6 Å². The minimum absolute atomic E-state index is 0.0518. The van der Waals surface area contributed by atoms with Gasteiger partial charge >= 0.3 is 12.1 Å². The smallest absolute Gasteiger partial charge is 0.408 e. The largest absolute Gasteiger partial charge is 0.479 e. The van der Waals surface area contributed by atoms with Crippen LogP contribution in [0.25, 0.3) is 0 Å². The average Bonchev–Trinajstić information content (AvgIpc) is 2.40. The van der Waals surface area contributed by atoms with Gasteiger partial charge in [-0.1, -0.05) is 0 Å². The van der Waals surface area contributed by atoms with Crippen molar-refractivity contribution in [1.82, 2.24) is 5.32 Å². The van der Waals surface area contributed by atoms with Crippen LogP contribution in [0.5, 0.6) is 0 Å². The first-order valence-electron chi connectivity index (χ1n) is 7.33. The molecular weight excluding hydrogens is 294 g/mol. The molecule has 0 aromatic heterocycles. The Hall–Kier alpha value is -1.38. The summed E-state index contributed by atoms with van der Waals surface area (Å²) in [5.41, 5.74) is -0.666. The lowest BCUT2D eigenvalue weighted by Crippen LogP contribution is -2.61.